The van der Waals surface area contributed by atoms with Gasteiger partial charge >= 0.3 is 0 Å². The van der Waals surface area contributed by atoms with E-state index in [9.17, 15) is 31.6 Å². The van der Waals surface area contributed by atoms with Gasteiger partial charge in [-0.25, -0.2) is 9.98 Å². The molecule has 0 radical (unpaired) electrons. The number of anilines is 4. The first kappa shape index (κ1) is 18.1. The summed E-state index contributed by atoms with van der Waals surface area (Å²) in [6.45, 7) is 0. The summed E-state index contributed by atoms with van der Waals surface area (Å²) < 4.78 is 0. The van der Waals surface area contributed by atoms with E-state index in [2.05, 4.69) is 31.3 Å². The van der Waals surface area contributed by atoms with Crippen LogP contribution < -0.4 is 21.3 Å². The van der Waals surface area contributed by atoms with Gasteiger partial charge in [0.05, 0.1) is 47.0 Å². The van der Waals surface area contributed by atoms with Crippen molar-refractivity contribution in [3.05, 3.63) is 0 Å². The van der Waals surface area contributed by atoms with Gasteiger partial charge in [0.1, 0.15) is 35.6 Å². The molecule has 30 heavy (non-hydrogen) atoms. The molecule has 0 amide bonds. The smallest absolute Gasteiger partial charge is 0.167 e. The Bertz CT molecular complexity index is 1190. The second kappa shape index (κ2) is 6.70. The number of nitrogens with zero attached hydrogens (tertiary/aromatic N) is 8. The molecule has 3 aliphatic rings. The van der Waals surface area contributed by atoms with E-state index in [-0.39, 0.29) is 34.2 Å². The molecule has 4 rings (SSSR count). The van der Waals surface area contributed by atoms with Gasteiger partial charge in [-0.3, -0.25) is 0 Å². The first-order valence-corrected chi connectivity index (χ1v) is 8.46. The lowest BCUT2D eigenvalue weighted by Gasteiger charge is -2.36. The van der Waals surface area contributed by atoms with E-state index in [1.165, 1.54) is 0 Å². The van der Waals surface area contributed by atoms with Crippen LogP contribution in [0.15, 0.2) is 9.98 Å². The summed E-state index contributed by atoms with van der Waals surface area (Å²) in [5, 5.41) is 68.1. The van der Waals surface area contributed by atoms with Gasteiger partial charge in [-0.2, -0.15) is 31.6 Å². The summed E-state index contributed by atoms with van der Waals surface area (Å²) in [5.74, 6) is 0. The van der Waals surface area contributed by atoms with Crippen LogP contribution in [-0.4, -0.2) is 35.6 Å². The van der Waals surface area contributed by atoms with Crippen LogP contribution in [0.25, 0.3) is 0 Å². The molecule has 4 atom stereocenters. The van der Waals surface area contributed by atoms with Crippen molar-refractivity contribution in [2.45, 2.75) is 24.2 Å². The van der Waals surface area contributed by atoms with Crippen molar-refractivity contribution in [3.63, 3.8) is 0 Å². The van der Waals surface area contributed by atoms with Crippen LogP contribution in [0.1, 0.15) is 0 Å². The Morgan fingerprint density at radius 2 is 0.933 bits per heavy atom. The minimum atomic E-state index is -1.04. The van der Waals surface area contributed by atoms with Gasteiger partial charge in [-0.15, -0.1) is 0 Å². The fourth-order valence-corrected chi connectivity index (χ4v) is 3.36. The number of fused-ring (bicyclic) bond motifs is 6. The van der Waals surface area contributed by atoms with Gasteiger partial charge in [0.25, 0.3) is 0 Å². The summed E-state index contributed by atoms with van der Waals surface area (Å²) in [6.07, 6.45) is 0. The maximum Gasteiger partial charge on any atom is 0.167 e. The van der Waals surface area contributed by atoms with Gasteiger partial charge in [-0.1, -0.05) is 0 Å². The van der Waals surface area contributed by atoms with Crippen molar-refractivity contribution in [2.75, 3.05) is 21.3 Å². The van der Waals surface area contributed by atoms with Crippen molar-refractivity contribution >= 4 is 45.5 Å². The number of hydrogen-bond donors (Lipinski definition) is 4. The standard InChI is InChI=1S/C18H8N12/c19-1-7-8(2-20)26-14-13(25-7)15-17(29-10(4-22)9(3-21)27-15)18-16(14)28-11(5-23)12(6-24)30-18/h7-9,11,25-28H. The first-order valence-electron chi connectivity index (χ1n) is 8.46. The van der Waals surface area contributed by atoms with Crippen LogP contribution in [-0.2, 0) is 0 Å². The largest absolute Gasteiger partial charge is 0.364 e. The zero-order valence-electron chi connectivity index (χ0n) is 14.9. The average Bonchev–Trinajstić information content (AvgIpc) is 2.81. The topological polar surface area (TPSA) is 216 Å². The monoisotopic (exact) mass is 392 g/mol. The molecule has 0 spiro atoms. The van der Waals surface area contributed by atoms with Gasteiger partial charge in [0, 0.05) is 0 Å². The third-order valence-corrected chi connectivity index (χ3v) is 4.74. The molecule has 140 valence electrons. The molecule has 1 aromatic carbocycles. The van der Waals surface area contributed by atoms with Crippen molar-refractivity contribution < 1.29 is 0 Å². The summed E-state index contributed by atoms with van der Waals surface area (Å²) >= 11 is 0. The van der Waals surface area contributed by atoms with Crippen LogP contribution in [0.2, 0.25) is 0 Å². The van der Waals surface area contributed by atoms with Crippen LogP contribution in [0.3, 0.4) is 0 Å². The van der Waals surface area contributed by atoms with Crippen molar-refractivity contribution in [1.29, 1.82) is 31.6 Å². The second-order valence-corrected chi connectivity index (χ2v) is 6.33. The maximum atomic E-state index is 9.42. The molecule has 4 unspecified atom stereocenters. The Balaban J connectivity index is 2.06. The molecule has 12 heteroatoms. The van der Waals surface area contributed by atoms with Gasteiger partial charge in [0.2, 0.25) is 0 Å². The Morgan fingerprint density at radius 1 is 0.533 bits per heavy atom. The highest BCUT2D eigenvalue weighted by Gasteiger charge is 2.39. The van der Waals surface area contributed by atoms with E-state index >= 15 is 0 Å². The van der Waals surface area contributed by atoms with Crippen LogP contribution in [0.5, 0.6) is 0 Å². The molecule has 0 fully saturated rings. The van der Waals surface area contributed by atoms with E-state index < -0.39 is 24.2 Å². The molecular weight excluding hydrogens is 384 g/mol. The molecule has 1 aromatic rings. The lowest BCUT2D eigenvalue weighted by Crippen LogP contribution is -2.43. The normalized spacial score (nSPS) is 24.6. The highest BCUT2D eigenvalue weighted by molar-refractivity contribution is 6.19. The minimum absolute atomic E-state index is 0.0984. The van der Waals surface area contributed by atoms with Crippen molar-refractivity contribution in [2.24, 2.45) is 9.98 Å². The van der Waals surface area contributed by atoms with E-state index in [0.29, 0.717) is 11.4 Å². The van der Waals surface area contributed by atoms with Crippen molar-refractivity contribution in [1.82, 2.24) is 0 Å². The number of hydrogen-bond acceptors (Lipinski definition) is 12. The first-order chi connectivity index (χ1) is 14.6. The van der Waals surface area contributed by atoms with Crippen molar-refractivity contribution in [3.8, 4) is 36.4 Å². The molecule has 0 saturated heterocycles. The van der Waals surface area contributed by atoms with Gasteiger partial charge < -0.3 is 21.3 Å². The molecule has 12 nitrogen and oxygen atoms in total. The van der Waals surface area contributed by atoms with E-state index in [1.54, 1.807) is 0 Å². The zero-order valence-corrected chi connectivity index (χ0v) is 14.9. The fraction of sp³-hybridized carbons (Fsp3) is 0.222. The highest BCUT2D eigenvalue weighted by atomic mass is 15.2. The molecular formula is C18H8N12. The Hall–Kier alpha value is -5.30. The number of aliphatic imine (C=N–C) groups is 2. The molecule has 0 aromatic heterocycles. The maximum absolute atomic E-state index is 9.42. The van der Waals surface area contributed by atoms with Gasteiger partial charge in [-0.05, 0) is 0 Å². The van der Waals surface area contributed by atoms with Crippen LogP contribution >= 0.6 is 0 Å². The predicted octanol–water partition coefficient (Wildman–Crippen LogP) is 1.14. The molecule has 0 saturated carbocycles. The molecule has 0 bridgehead atoms. The lowest BCUT2D eigenvalue weighted by molar-refractivity contribution is 0.793. The molecule has 3 aliphatic heterocycles. The van der Waals surface area contributed by atoms with E-state index in [4.69, 9.17) is 0 Å². The number of benzene rings is 1. The Labute approximate surface area is 169 Å². The average molecular weight is 392 g/mol. The molecule has 4 N–H and O–H groups in total. The number of nitriles is 6. The summed E-state index contributed by atoms with van der Waals surface area (Å²) in [6, 6.07) is 7.68. The van der Waals surface area contributed by atoms with Gasteiger partial charge in [0.15, 0.2) is 23.5 Å². The third kappa shape index (κ3) is 2.40. The third-order valence-electron chi connectivity index (χ3n) is 4.74. The fourth-order valence-electron chi connectivity index (χ4n) is 3.36. The van der Waals surface area contributed by atoms with Crippen LogP contribution in [0.4, 0.5) is 34.1 Å². The van der Waals surface area contributed by atoms with Crippen LogP contribution in [0, 0.1) is 68.0 Å². The number of nitrogens with one attached hydrogen (secondary N) is 4. The van der Waals surface area contributed by atoms with E-state index in [1.807, 2.05) is 36.4 Å². The Kier molecular flexibility index (Phi) is 4.04. The molecule has 0 aliphatic carbocycles. The predicted molar refractivity (Wildman–Crippen MR) is 104 cm³/mol. The summed E-state index contributed by atoms with van der Waals surface area (Å²) in [5.41, 5.74) is 1.39. The summed E-state index contributed by atoms with van der Waals surface area (Å²) in [7, 11) is 0. The molecule has 3 heterocycles. The quantitative estimate of drug-likeness (QED) is 0.493. The lowest BCUT2D eigenvalue weighted by atomic mass is 9.97. The second-order valence-electron chi connectivity index (χ2n) is 6.33. The highest BCUT2D eigenvalue weighted by Crippen LogP contribution is 2.56. The van der Waals surface area contributed by atoms with E-state index in [0.717, 1.165) is 0 Å². The number of rotatable bonds is 0. The minimum Gasteiger partial charge on any atom is -0.364 e. The SMILES string of the molecule is N#CC1=Nc2c3c(c4c(c2NC1C#N)NC(C#N)C(C#N)N4)NC(C#N)C(C#N)=N3. The zero-order chi connectivity index (χ0) is 21.4. The summed E-state index contributed by atoms with van der Waals surface area (Å²) in [4.78, 5) is 8.53. The Morgan fingerprint density at radius 3 is 1.23 bits per heavy atom.